The van der Waals surface area contributed by atoms with Crippen LogP contribution in [-0.2, 0) is 27.8 Å². The number of hydrogen-bond acceptors (Lipinski definition) is 5. The standard InChI is InChI=1S/C22H29NO5S/c1-5-6-22(17-26-2)29(24,25)23(15-18-7-11-20(27-3)12-8-18)16-19-9-13-21(28-4)14-10-19/h5,7-14,22H,1,6,15-17H2,2-4H3/t22-/m0/s1. The van der Waals surface area contributed by atoms with Crippen molar-refractivity contribution in [2.45, 2.75) is 24.8 Å². The van der Waals surface area contributed by atoms with Crippen LogP contribution in [-0.4, -0.2) is 45.9 Å². The fraction of sp³-hybridized carbons (Fsp3) is 0.364. The van der Waals surface area contributed by atoms with Gasteiger partial charge < -0.3 is 14.2 Å². The molecule has 0 heterocycles. The Bertz CT molecular complexity index is 814. The van der Waals surface area contributed by atoms with Crippen molar-refractivity contribution < 1.29 is 22.6 Å². The van der Waals surface area contributed by atoms with Crippen molar-refractivity contribution in [2.24, 2.45) is 0 Å². The average molecular weight is 420 g/mol. The van der Waals surface area contributed by atoms with Gasteiger partial charge in [-0.15, -0.1) is 6.58 Å². The number of methoxy groups -OCH3 is 3. The van der Waals surface area contributed by atoms with Gasteiger partial charge in [0.05, 0.1) is 20.8 Å². The molecule has 2 aromatic rings. The molecule has 0 radical (unpaired) electrons. The van der Waals surface area contributed by atoms with E-state index in [1.165, 1.54) is 11.4 Å². The maximum Gasteiger partial charge on any atom is 0.220 e. The second-order valence-electron chi connectivity index (χ2n) is 6.61. The number of nitrogens with zero attached hydrogens (tertiary/aromatic N) is 1. The molecular formula is C22H29NO5S. The molecule has 0 fully saturated rings. The van der Waals surface area contributed by atoms with Gasteiger partial charge in [0.25, 0.3) is 0 Å². The van der Waals surface area contributed by atoms with E-state index in [2.05, 4.69) is 6.58 Å². The van der Waals surface area contributed by atoms with Crippen molar-refractivity contribution in [3.63, 3.8) is 0 Å². The largest absolute Gasteiger partial charge is 0.497 e. The second-order valence-corrected chi connectivity index (χ2v) is 8.82. The van der Waals surface area contributed by atoms with Gasteiger partial charge in [0, 0.05) is 20.2 Å². The van der Waals surface area contributed by atoms with E-state index in [1.807, 2.05) is 48.5 Å². The lowest BCUT2D eigenvalue weighted by molar-refractivity contribution is 0.194. The predicted molar refractivity (Wildman–Crippen MR) is 115 cm³/mol. The van der Waals surface area contributed by atoms with E-state index in [0.717, 1.165) is 22.6 Å². The fourth-order valence-corrected chi connectivity index (χ4v) is 4.73. The van der Waals surface area contributed by atoms with Gasteiger partial charge in [-0.3, -0.25) is 0 Å². The molecule has 0 aromatic heterocycles. The van der Waals surface area contributed by atoms with E-state index in [0.29, 0.717) is 6.42 Å². The summed E-state index contributed by atoms with van der Waals surface area (Å²) in [5, 5.41) is -0.693. The summed E-state index contributed by atoms with van der Waals surface area (Å²) in [6.07, 6.45) is 1.93. The number of rotatable bonds is 12. The van der Waals surface area contributed by atoms with E-state index in [9.17, 15) is 8.42 Å². The molecule has 2 rings (SSSR count). The van der Waals surface area contributed by atoms with E-state index in [-0.39, 0.29) is 19.7 Å². The van der Waals surface area contributed by atoms with Crippen LogP contribution in [0.2, 0.25) is 0 Å². The number of benzene rings is 2. The Balaban J connectivity index is 2.34. The molecule has 0 bridgehead atoms. The summed E-state index contributed by atoms with van der Waals surface area (Å²) in [4.78, 5) is 0. The highest BCUT2D eigenvalue weighted by molar-refractivity contribution is 7.89. The Morgan fingerprint density at radius 2 is 1.34 bits per heavy atom. The first-order chi connectivity index (χ1) is 13.9. The van der Waals surface area contributed by atoms with Gasteiger partial charge in [-0.05, 0) is 41.8 Å². The lowest BCUT2D eigenvalue weighted by atomic mass is 10.2. The zero-order valence-electron chi connectivity index (χ0n) is 17.2. The van der Waals surface area contributed by atoms with Crippen molar-refractivity contribution in [1.29, 1.82) is 0 Å². The molecule has 7 heteroatoms. The first-order valence-electron chi connectivity index (χ1n) is 9.29. The molecule has 0 saturated heterocycles. The normalized spacial score (nSPS) is 12.6. The molecule has 158 valence electrons. The lowest BCUT2D eigenvalue weighted by Gasteiger charge is -2.27. The monoisotopic (exact) mass is 419 g/mol. The highest BCUT2D eigenvalue weighted by atomic mass is 32.2. The Morgan fingerprint density at radius 1 is 0.897 bits per heavy atom. The summed E-state index contributed by atoms with van der Waals surface area (Å²) < 4.78 is 43.9. The van der Waals surface area contributed by atoms with Gasteiger partial charge >= 0.3 is 0 Å². The van der Waals surface area contributed by atoms with E-state index >= 15 is 0 Å². The third-order valence-corrected chi connectivity index (χ3v) is 6.75. The van der Waals surface area contributed by atoms with E-state index < -0.39 is 15.3 Å². The molecule has 0 aliphatic heterocycles. The van der Waals surface area contributed by atoms with Gasteiger partial charge in [0.15, 0.2) is 0 Å². The third-order valence-electron chi connectivity index (χ3n) is 4.60. The molecule has 1 atom stereocenters. The van der Waals surface area contributed by atoms with E-state index in [1.54, 1.807) is 20.3 Å². The van der Waals surface area contributed by atoms with Crippen molar-refractivity contribution >= 4 is 10.0 Å². The first kappa shape index (κ1) is 22.9. The summed E-state index contributed by atoms with van der Waals surface area (Å²) in [7, 11) is 1.06. The zero-order chi connectivity index (χ0) is 21.3. The summed E-state index contributed by atoms with van der Waals surface area (Å²) in [6, 6.07) is 14.8. The van der Waals surface area contributed by atoms with Crippen LogP contribution in [0.1, 0.15) is 17.5 Å². The summed E-state index contributed by atoms with van der Waals surface area (Å²) >= 11 is 0. The molecule has 0 saturated carbocycles. The molecule has 6 nitrogen and oxygen atoms in total. The van der Waals surface area contributed by atoms with Crippen LogP contribution in [0.3, 0.4) is 0 Å². The highest BCUT2D eigenvalue weighted by Gasteiger charge is 2.31. The minimum Gasteiger partial charge on any atom is -0.497 e. The van der Waals surface area contributed by atoms with Crippen LogP contribution in [0.15, 0.2) is 61.2 Å². The van der Waals surface area contributed by atoms with Crippen LogP contribution in [0.4, 0.5) is 0 Å². The topological polar surface area (TPSA) is 65.1 Å². The molecule has 2 aromatic carbocycles. The Kier molecular flexibility index (Phi) is 8.70. The molecular weight excluding hydrogens is 390 g/mol. The van der Waals surface area contributed by atoms with E-state index in [4.69, 9.17) is 14.2 Å². The Morgan fingerprint density at radius 3 is 1.69 bits per heavy atom. The molecule has 0 amide bonds. The Hall–Kier alpha value is -2.35. The molecule has 0 unspecified atom stereocenters. The van der Waals surface area contributed by atoms with Crippen molar-refractivity contribution in [2.75, 3.05) is 27.9 Å². The first-order valence-corrected chi connectivity index (χ1v) is 10.8. The molecule has 0 aliphatic carbocycles. The predicted octanol–water partition coefficient (Wildman–Crippen LogP) is 3.63. The summed E-state index contributed by atoms with van der Waals surface area (Å²) in [6.45, 7) is 4.29. The van der Waals surface area contributed by atoms with Gasteiger partial charge in [0.1, 0.15) is 16.7 Å². The number of ether oxygens (including phenoxy) is 3. The molecule has 0 aliphatic rings. The molecule has 29 heavy (non-hydrogen) atoms. The quantitative estimate of drug-likeness (QED) is 0.492. The second kappa shape index (κ2) is 11.0. The molecule has 0 N–H and O–H groups in total. The van der Waals surface area contributed by atoms with Crippen LogP contribution in [0.5, 0.6) is 11.5 Å². The van der Waals surface area contributed by atoms with Crippen LogP contribution in [0, 0.1) is 0 Å². The van der Waals surface area contributed by atoms with Crippen molar-refractivity contribution in [1.82, 2.24) is 4.31 Å². The zero-order valence-corrected chi connectivity index (χ0v) is 18.0. The van der Waals surface area contributed by atoms with Gasteiger partial charge in [-0.1, -0.05) is 30.3 Å². The maximum atomic E-state index is 13.4. The van der Waals surface area contributed by atoms with Gasteiger partial charge in [-0.2, -0.15) is 4.31 Å². The smallest absolute Gasteiger partial charge is 0.220 e. The van der Waals surface area contributed by atoms with Gasteiger partial charge in [0.2, 0.25) is 10.0 Å². The fourth-order valence-electron chi connectivity index (χ4n) is 2.96. The van der Waals surface area contributed by atoms with Crippen molar-refractivity contribution in [3.8, 4) is 11.5 Å². The number of sulfonamides is 1. The van der Waals surface area contributed by atoms with Crippen LogP contribution in [0.25, 0.3) is 0 Å². The lowest BCUT2D eigenvalue weighted by Crippen LogP contribution is -2.40. The van der Waals surface area contributed by atoms with Crippen LogP contribution < -0.4 is 9.47 Å². The SMILES string of the molecule is C=CC[C@@H](COC)S(=O)(=O)N(Cc1ccc(OC)cc1)Cc1ccc(OC)cc1. The average Bonchev–Trinajstić information content (AvgIpc) is 2.74. The van der Waals surface area contributed by atoms with Crippen molar-refractivity contribution in [3.05, 3.63) is 72.3 Å². The summed E-state index contributed by atoms with van der Waals surface area (Å²) in [5.74, 6) is 1.45. The highest BCUT2D eigenvalue weighted by Crippen LogP contribution is 2.22. The maximum absolute atomic E-state index is 13.4. The minimum atomic E-state index is -3.64. The van der Waals surface area contributed by atoms with Gasteiger partial charge in [-0.25, -0.2) is 8.42 Å². The number of allylic oxidation sites excluding steroid dienone is 1. The molecule has 0 spiro atoms. The van der Waals surface area contributed by atoms with Crippen LogP contribution >= 0.6 is 0 Å². The Labute approximate surface area is 173 Å². The number of hydrogen-bond donors (Lipinski definition) is 0. The summed E-state index contributed by atoms with van der Waals surface area (Å²) in [5.41, 5.74) is 1.75. The third kappa shape index (κ3) is 6.32. The minimum absolute atomic E-state index is 0.107.